The highest BCUT2D eigenvalue weighted by Crippen LogP contribution is 2.48. The van der Waals surface area contributed by atoms with Gasteiger partial charge in [-0.1, -0.05) is 12.2 Å². The molecule has 4 rings (SSSR count). The molecular formula is C20H22N2O4. The fourth-order valence-electron chi connectivity index (χ4n) is 4.54. The molecule has 136 valence electrons. The van der Waals surface area contributed by atoms with Gasteiger partial charge in [0.05, 0.1) is 11.8 Å². The summed E-state index contributed by atoms with van der Waals surface area (Å²) in [6.07, 6.45) is 6.71. The van der Waals surface area contributed by atoms with Gasteiger partial charge in [0, 0.05) is 24.3 Å². The van der Waals surface area contributed by atoms with Crippen LogP contribution in [0.2, 0.25) is 0 Å². The van der Waals surface area contributed by atoms with Crippen LogP contribution in [0.25, 0.3) is 0 Å². The quantitative estimate of drug-likeness (QED) is 0.813. The summed E-state index contributed by atoms with van der Waals surface area (Å²) in [5.74, 6) is -2.38. The summed E-state index contributed by atoms with van der Waals surface area (Å²) in [5, 5.41) is 12.3. The average Bonchev–Trinajstić information content (AvgIpc) is 3.37. The number of nitrogens with zero attached hydrogens (tertiary/aromatic N) is 1. The van der Waals surface area contributed by atoms with Crippen LogP contribution in [-0.2, 0) is 9.59 Å². The number of anilines is 1. The summed E-state index contributed by atoms with van der Waals surface area (Å²) in [5.41, 5.74) is 1.19. The number of benzene rings is 1. The highest BCUT2D eigenvalue weighted by atomic mass is 16.4. The first-order valence-corrected chi connectivity index (χ1v) is 9.16. The Bertz CT molecular complexity index is 765. The zero-order valence-corrected chi connectivity index (χ0v) is 14.4. The number of carboxylic acids is 1. The van der Waals surface area contributed by atoms with Gasteiger partial charge in [-0.15, -0.1) is 0 Å². The zero-order valence-electron chi connectivity index (χ0n) is 14.4. The lowest BCUT2D eigenvalue weighted by Gasteiger charge is -2.24. The van der Waals surface area contributed by atoms with Crippen molar-refractivity contribution in [2.24, 2.45) is 23.7 Å². The summed E-state index contributed by atoms with van der Waals surface area (Å²) >= 11 is 0. The minimum atomic E-state index is -0.909. The number of carboxylic acid groups (broad SMARTS) is 1. The predicted molar refractivity (Wildman–Crippen MR) is 95.6 cm³/mol. The van der Waals surface area contributed by atoms with Gasteiger partial charge in [-0.3, -0.25) is 14.4 Å². The first-order valence-electron chi connectivity index (χ1n) is 9.16. The van der Waals surface area contributed by atoms with Crippen LogP contribution in [0.5, 0.6) is 0 Å². The maximum Gasteiger partial charge on any atom is 0.307 e. The highest BCUT2D eigenvalue weighted by Gasteiger charge is 2.51. The van der Waals surface area contributed by atoms with Gasteiger partial charge in [0.15, 0.2) is 0 Å². The minimum Gasteiger partial charge on any atom is -0.481 e. The van der Waals surface area contributed by atoms with Gasteiger partial charge < -0.3 is 15.3 Å². The normalized spacial score (nSPS) is 29.2. The third-order valence-electron chi connectivity index (χ3n) is 5.84. The molecule has 0 spiro atoms. The molecule has 26 heavy (non-hydrogen) atoms. The lowest BCUT2D eigenvalue weighted by atomic mass is 9.82. The molecule has 2 amide bonds. The van der Waals surface area contributed by atoms with Crippen LogP contribution in [0, 0.1) is 23.7 Å². The van der Waals surface area contributed by atoms with Crippen molar-refractivity contribution < 1.29 is 19.5 Å². The molecule has 6 heteroatoms. The number of hydrogen-bond acceptors (Lipinski definition) is 3. The van der Waals surface area contributed by atoms with Crippen molar-refractivity contribution in [1.29, 1.82) is 0 Å². The Balaban J connectivity index is 1.44. The summed E-state index contributed by atoms with van der Waals surface area (Å²) in [6.45, 7) is 1.59. The zero-order chi connectivity index (χ0) is 18.3. The maximum atomic E-state index is 12.7. The van der Waals surface area contributed by atoms with E-state index in [4.69, 9.17) is 0 Å². The molecule has 2 bridgehead atoms. The summed E-state index contributed by atoms with van der Waals surface area (Å²) in [6, 6.07) is 6.84. The van der Waals surface area contributed by atoms with Crippen LogP contribution in [0.3, 0.4) is 0 Å². The second kappa shape index (κ2) is 6.59. The molecule has 0 aromatic heterocycles. The average molecular weight is 354 g/mol. The second-order valence-electron chi connectivity index (χ2n) is 7.40. The molecule has 6 nitrogen and oxygen atoms in total. The predicted octanol–water partition coefficient (Wildman–Crippen LogP) is 2.38. The van der Waals surface area contributed by atoms with Crippen molar-refractivity contribution in [3.05, 3.63) is 42.0 Å². The summed E-state index contributed by atoms with van der Waals surface area (Å²) in [7, 11) is 0. The van der Waals surface area contributed by atoms with Crippen LogP contribution < -0.4 is 5.32 Å². The fourth-order valence-corrected chi connectivity index (χ4v) is 4.54. The van der Waals surface area contributed by atoms with Crippen molar-refractivity contribution in [1.82, 2.24) is 4.90 Å². The van der Waals surface area contributed by atoms with Crippen molar-refractivity contribution in [2.45, 2.75) is 19.3 Å². The van der Waals surface area contributed by atoms with Gasteiger partial charge in [0.25, 0.3) is 5.91 Å². The van der Waals surface area contributed by atoms with Crippen molar-refractivity contribution >= 4 is 23.5 Å². The Hall–Kier alpha value is -2.63. The van der Waals surface area contributed by atoms with Crippen molar-refractivity contribution in [2.75, 3.05) is 18.4 Å². The molecule has 1 aliphatic heterocycles. The number of amides is 2. The fraction of sp³-hybridized carbons (Fsp3) is 0.450. The minimum absolute atomic E-state index is 0.00267. The number of hydrogen-bond donors (Lipinski definition) is 2. The van der Waals surface area contributed by atoms with E-state index in [1.165, 1.54) is 0 Å². The number of allylic oxidation sites excluding steroid dienone is 2. The molecule has 1 aromatic carbocycles. The monoisotopic (exact) mass is 354 g/mol. The van der Waals surface area contributed by atoms with Crippen molar-refractivity contribution in [3.63, 3.8) is 0 Å². The molecule has 2 N–H and O–H groups in total. The van der Waals surface area contributed by atoms with Gasteiger partial charge in [0.1, 0.15) is 0 Å². The lowest BCUT2D eigenvalue weighted by Crippen LogP contribution is -2.36. The van der Waals surface area contributed by atoms with Gasteiger partial charge in [-0.2, -0.15) is 0 Å². The molecule has 2 fully saturated rings. The number of carbonyl (C=O) groups excluding carboxylic acids is 2. The van der Waals surface area contributed by atoms with E-state index in [0.29, 0.717) is 11.3 Å². The molecule has 0 radical (unpaired) electrons. The molecule has 1 saturated carbocycles. The second-order valence-corrected chi connectivity index (χ2v) is 7.40. The molecular weight excluding hydrogens is 332 g/mol. The van der Waals surface area contributed by atoms with Crippen LogP contribution in [0.15, 0.2) is 36.4 Å². The van der Waals surface area contributed by atoms with E-state index >= 15 is 0 Å². The Labute approximate surface area is 151 Å². The number of fused-ring (bicyclic) bond motifs is 2. The Morgan fingerprint density at radius 1 is 0.962 bits per heavy atom. The van der Waals surface area contributed by atoms with E-state index in [9.17, 15) is 19.5 Å². The maximum absolute atomic E-state index is 12.7. The third kappa shape index (κ3) is 2.89. The van der Waals surface area contributed by atoms with Crippen molar-refractivity contribution in [3.8, 4) is 0 Å². The first-order chi connectivity index (χ1) is 12.5. The molecule has 4 atom stereocenters. The molecule has 2 aliphatic carbocycles. The highest BCUT2D eigenvalue weighted by molar-refractivity contribution is 5.98. The molecule has 1 heterocycles. The van der Waals surface area contributed by atoms with Crippen LogP contribution in [0.4, 0.5) is 5.69 Å². The van der Waals surface area contributed by atoms with Gasteiger partial charge in [-0.25, -0.2) is 0 Å². The smallest absolute Gasteiger partial charge is 0.307 e. The van der Waals surface area contributed by atoms with Gasteiger partial charge in [0.2, 0.25) is 5.91 Å². The van der Waals surface area contributed by atoms with E-state index in [-0.39, 0.29) is 23.7 Å². The summed E-state index contributed by atoms with van der Waals surface area (Å²) < 4.78 is 0. The van der Waals surface area contributed by atoms with E-state index in [0.717, 1.165) is 32.4 Å². The van der Waals surface area contributed by atoms with Gasteiger partial charge in [-0.05, 0) is 55.4 Å². The van der Waals surface area contributed by atoms with E-state index in [2.05, 4.69) is 5.32 Å². The molecule has 1 saturated heterocycles. The van der Waals surface area contributed by atoms with E-state index in [1.54, 1.807) is 24.3 Å². The largest absolute Gasteiger partial charge is 0.481 e. The lowest BCUT2D eigenvalue weighted by molar-refractivity contribution is -0.146. The van der Waals surface area contributed by atoms with Gasteiger partial charge >= 0.3 is 5.97 Å². The number of nitrogens with one attached hydrogen (secondary N) is 1. The molecule has 4 unspecified atom stereocenters. The Morgan fingerprint density at radius 3 is 2.19 bits per heavy atom. The Kier molecular flexibility index (Phi) is 4.26. The van der Waals surface area contributed by atoms with E-state index < -0.39 is 17.8 Å². The molecule has 3 aliphatic rings. The SMILES string of the molecule is O=C(O)C1C2C=CC(C2)C1C(=O)Nc1ccc(C(=O)N2CCCC2)cc1. The number of rotatable bonds is 4. The Morgan fingerprint density at radius 2 is 1.58 bits per heavy atom. The third-order valence-corrected chi connectivity index (χ3v) is 5.84. The topological polar surface area (TPSA) is 86.7 Å². The number of carbonyl (C=O) groups is 3. The number of aliphatic carboxylic acids is 1. The van der Waals surface area contributed by atoms with Crippen LogP contribution in [0.1, 0.15) is 29.6 Å². The first kappa shape index (κ1) is 16.8. The van der Waals surface area contributed by atoms with Crippen LogP contribution in [-0.4, -0.2) is 40.9 Å². The number of likely N-dealkylation sites (tertiary alicyclic amines) is 1. The van der Waals surface area contributed by atoms with Crippen LogP contribution >= 0.6 is 0 Å². The van der Waals surface area contributed by atoms with E-state index in [1.807, 2.05) is 17.1 Å². The standard InChI is InChI=1S/C20H22N2O4/c23-18(16-13-3-4-14(11-13)17(16)20(25)26)21-15-7-5-12(6-8-15)19(24)22-9-1-2-10-22/h3-8,13-14,16-17H,1-2,9-11H2,(H,21,23)(H,25,26). The molecule has 1 aromatic rings. The summed E-state index contributed by atoms with van der Waals surface area (Å²) in [4.78, 5) is 38.4.